The van der Waals surface area contributed by atoms with Crippen LogP contribution in [0.1, 0.15) is 0 Å². The standard InChI is InChI=1S/C60H38N4/c1-3-19-39(20-4-1)61-49-31-15-9-25-43(49)57-53(61)35-37-55-59(57)45-27-11-17-33-51(45)63(55)47-29-13-7-23-41(47)42-24-8-14-30-48(42)64-52-34-18-12-28-46(52)60-56(64)38-36-54-58(60)44-26-10-16-32-50(44)62(54)40-21-5-2-6-22-40/h1-38H. The normalized spacial score (nSPS) is 12.1. The minimum Gasteiger partial charge on any atom is -0.309 e. The van der Waals surface area contributed by atoms with E-state index in [2.05, 4.69) is 249 Å². The third-order valence-corrected chi connectivity index (χ3v) is 13.6. The molecule has 0 amide bonds. The summed E-state index contributed by atoms with van der Waals surface area (Å²) in [7, 11) is 0. The average Bonchev–Trinajstić information content (AvgIpc) is 4.09. The van der Waals surface area contributed by atoms with E-state index < -0.39 is 0 Å². The lowest BCUT2D eigenvalue weighted by Gasteiger charge is -2.18. The first-order valence-electron chi connectivity index (χ1n) is 22.0. The van der Waals surface area contributed by atoms with Crippen LogP contribution in [0, 0.1) is 0 Å². The van der Waals surface area contributed by atoms with Gasteiger partial charge in [0.1, 0.15) is 0 Å². The molecule has 0 saturated carbocycles. The molecule has 0 unspecified atom stereocenters. The summed E-state index contributed by atoms with van der Waals surface area (Å²) in [4.78, 5) is 0. The highest BCUT2D eigenvalue weighted by molar-refractivity contribution is 6.30. The molecule has 0 spiro atoms. The predicted molar refractivity (Wildman–Crippen MR) is 269 cm³/mol. The third kappa shape index (κ3) is 4.77. The quantitative estimate of drug-likeness (QED) is 0.165. The second-order valence-electron chi connectivity index (χ2n) is 16.8. The highest BCUT2D eigenvalue weighted by Gasteiger charge is 2.25. The van der Waals surface area contributed by atoms with E-state index in [-0.39, 0.29) is 0 Å². The van der Waals surface area contributed by atoms with Gasteiger partial charge < -0.3 is 18.3 Å². The SMILES string of the molecule is c1ccc(-n2c3ccccc3c3c4c5ccccc5n(-c5ccccc5-c5ccccc5-n5c6ccccc6c6c7c8ccccc8n(-c8ccccc8)c7ccc65)c4ccc32)cc1. The number of rotatable bonds is 5. The highest BCUT2D eigenvalue weighted by atomic mass is 15.0. The van der Waals surface area contributed by atoms with E-state index in [0.717, 1.165) is 22.7 Å². The largest absolute Gasteiger partial charge is 0.309 e. The van der Waals surface area contributed by atoms with E-state index >= 15 is 0 Å². The Bertz CT molecular complexity index is 3910. The number of benzene rings is 10. The van der Waals surface area contributed by atoms with Crippen LogP contribution < -0.4 is 0 Å². The smallest absolute Gasteiger partial charge is 0.0549 e. The van der Waals surface area contributed by atoms with Crippen LogP contribution in [0.2, 0.25) is 0 Å². The molecule has 0 N–H and O–H groups in total. The summed E-state index contributed by atoms with van der Waals surface area (Å²) in [5.74, 6) is 0. The molecule has 14 rings (SSSR count). The Morgan fingerprint density at radius 3 is 0.812 bits per heavy atom. The minimum atomic E-state index is 1.14. The Labute approximate surface area is 368 Å². The van der Waals surface area contributed by atoms with E-state index in [1.165, 1.54) is 98.4 Å². The number of fused-ring (bicyclic) bond motifs is 14. The number of hydrogen-bond acceptors (Lipinski definition) is 0. The lowest BCUT2D eigenvalue weighted by atomic mass is 10.0. The van der Waals surface area contributed by atoms with E-state index in [1.54, 1.807) is 0 Å². The van der Waals surface area contributed by atoms with Gasteiger partial charge in [0.2, 0.25) is 0 Å². The maximum Gasteiger partial charge on any atom is 0.0549 e. The van der Waals surface area contributed by atoms with E-state index in [9.17, 15) is 0 Å². The fourth-order valence-corrected chi connectivity index (χ4v) is 11.1. The van der Waals surface area contributed by atoms with Crippen LogP contribution >= 0.6 is 0 Å². The second kappa shape index (κ2) is 13.4. The van der Waals surface area contributed by atoms with Gasteiger partial charge in [-0.05, 0) is 84.9 Å². The van der Waals surface area contributed by atoms with Crippen molar-refractivity contribution >= 4 is 87.2 Å². The van der Waals surface area contributed by atoms with Crippen molar-refractivity contribution in [2.75, 3.05) is 0 Å². The summed E-state index contributed by atoms with van der Waals surface area (Å²) in [5, 5.41) is 10.1. The molecule has 4 heteroatoms. The van der Waals surface area contributed by atoms with Crippen LogP contribution in [-0.4, -0.2) is 18.3 Å². The first-order chi connectivity index (χ1) is 31.8. The summed E-state index contributed by atoms with van der Waals surface area (Å²) < 4.78 is 9.83. The van der Waals surface area contributed by atoms with Gasteiger partial charge in [0.05, 0.1) is 55.5 Å². The zero-order valence-electron chi connectivity index (χ0n) is 34.7. The molecule has 0 atom stereocenters. The molecule has 0 saturated heterocycles. The summed E-state index contributed by atoms with van der Waals surface area (Å²) >= 11 is 0. The number of nitrogens with zero attached hydrogens (tertiary/aromatic N) is 4. The van der Waals surface area contributed by atoms with Gasteiger partial charge in [0.15, 0.2) is 0 Å². The predicted octanol–water partition coefficient (Wildman–Crippen LogP) is 15.7. The Hall–Kier alpha value is -8.60. The zero-order valence-corrected chi connectivity index (χ0v) is 34.7. The molecule has 4 aromatic heterocycles. The molecule has 10 aromatic carbocycles. The van der Waals surface area contributed by atoms with Gasteiger partial charge in [-0.3, -0.25) is 0 Å². The molecule has 0 bridgehead atoms. The van der Waals surface area contributed by atoms with Crippen molar-refractivity contribution in [3.63, 3.8) is 0 Å². The average molecular weight is 815 g/mol. The summed E-state index contributed by atoms with van der Waals surface area (Å²) in [5.41, 5.74) is 16.5. The first-order valence-corrected chi connectivity index (χ1v) is 22.0. The first kappa shape index (κ1) is 35.0. The van der Waals surface area contributed by atoms with E-state index in [0.29, 0.717) is 0 Å². The van der Waals surface area contributed by atoms with Crippen LogP contribution in [0.4, 0.5) is 0 Å². The zero-order chi connectivity index (χ0) is 41.9. The Balaban J connectivity index is 1.05. The molecule has 64 heavy (non-hydrogen) atoms. The maximum absolute atomic E-state index is 2.50. The van der Waals surface area contributed by atoms with Crippen LogP contribution in [0.25, 0.3) is 121 Å². The van der Waals surface area contributed by atoms with Gasteiger partial charge in [-0.25, -0.2) is 0 Å². The van der Waals surface area contributed by atoms with Crippen LogP contribution in [0.15, 0.2) is 231 Å². The number of para-hydroxylation sites is 8. The van der Waals surface area contributed by atoms with Crippen molar-refractivity contribution in [1.29, 1.82) is 0 Å². The topological polar surface area (TPSA) is 19.7 Å². The lowest BCUT2D eigenvalue weighted by Crippen LogP contribution is -2.01. The molecule has 0 aliphatic rings. The third-order valence-electron chi connectivity index (χ3n) is 13.6. The molecule has 298 valence electrons. The molecule has 4 nitrogen and oxygen atoms in total. The number of hydrogen-bond donors (Lipinski definition) is 0. The molecule has 0 aliphatic carbocycles. The Morgan fingerprint density at radius 1 is 0.188 bits per heavy atom. The van der Waals surface area contributed by atoms with Gasteiger partial charge in [0.25, 0.3) is 0 Å². The van der Waals surface area contributed by atoms with Crippen molar-refractivity contribution in [3.05, 3.63) is 231 Å². The molecule has 0 aliphatic heterocycles. The number of aromatic nitrogens is 4. The van der Waals surface area contributed by atoms with Crippen molar-refractivity contribution in [1.82, 2.24) is 18.3 Å². The van der Waals surface area contributed by atoms with Gasteiger partial charge in [-0.2, -0.15) is 0 Å². The highest BCUT2D eigenvalue weighted by Crippen LogP contribution is 2.46. The fourth-order valence-electron chi connectivity index (χ4n) is 11.1. The van der Waals surface area contributed by atoms with Crippen molar-refractivity contribution in [2.24, 2.45) is 0 Å². The Kier molecular flexibility index (Phi) is 7.36. The van der Waals surface area contributed by atoms with Gasteiger partial charge in [-0.15, -0.1) is 0 Å². The summed E-state index contributed by atoms with van der Waals surface area (Å²) in [6.07, 6.45) is 0. The fraction of sp³-hybridized carbons (Fsp3) is 0. The maximum atomic E-state index is 2.50. The summed E-state index contributed by atoms with van der Waals surface area (Å²) in [6.45, 7) is 0. The molecule has 14 aromatic rings. The van der Waals surface area contributed by atoms with Crippen molar-refractivity contribution in [2.45, 2.75) is 0 Å². The van der Waals surface area contributed by atoms with Crippen LogP contribution in [0.3, 0.4) is 0 Å². The molecular formula is C60H38N4. The monoisotopic (exact) mass is 814 g/mol. The molecular weight excluding hydrogens is 777 g/mol. The van der Waals surface area contributed by atoms with Crippen LogP contribution in [0.5, 0.6) is 0 Å². The van der Waals surface area contributed by atoms with E-state index in [1.807, 2.05) is 0 Å². The van der Waals surface area contributed by atoms with Gasteiger partial charge in [-0.1, -0.05) is 146 Å². The summed E-state index contributed by atoms with van der Waals surface area (Å²) in [6, 6.07) is 84.3. The second-order valence-corrected chi connectivity index (χ2v) is 16.8. The van der Waals surface area contributed by atoms with Crippen molar-refractivity contribution in [3.8, 4) is 33.9 Å². The van der Waals surface area contributed by atoms with Gasteiger partial charge >= 0.3 is 0 Å². The van der Waals surface area contributed by atoms with Gasteiger partial charge in [0, 0.05) is 65.6 Å². The van der Waals surface area contributed by atoms with Crippen LogP contribution in [-0.2, 0) is 0 Å². The molecule has 4 heterocycles. The lowest BCUT2D eigenvalue weighted by molar-refractivity contribution is 1.16. The van der Waals surface area contributed by atoms with E-state index in [4.69, 9.17) is 0 Å². The van der Waals surface area contributed by atoms with Crippen molar-refractivity contribution < 1.29 is 0 Å². The minimum absolute atomic E-state index is 1.14. The Morgan fingerprint density at radius 2 is 0.453 bits per heavy atom. The molecule has 0 radical (unpaired) electrons. The molecule has 0 fully saturated rings.